The molecule has 5 heteroatoms. The number of benzene rings is 1. The van der Waals surface area contributed by atoms with Gasteiger partial charge in [-0.1, -0.05) is 37.3 Å². The minimum absolute atomic E-state index is 0.0423. The molecule has 3 rings (SSSR count). The molecular weight excluding hydrogens is 360 g/mol. The average molecular weight is 389 g/mol. The predicted molar refractivity (Wildman–Crippen MR) is 109 cm³/mol. The first-order chi connectivity index (χ1) is 13.1. The highest BCUT2D eigenvalue weighted by molar-refractivity contribution is 6.17. The monoisotopic (exact) mass is 388 g/mol. The number of hydrogen-bond donors (Lipinski definition) is 0. The molecule has 27 heavy (non-hydrogen) atoms. The van der Waals surface area contributed by atoms with Crippen LogP contribution >= 0.6 is 11.6 Å². The summed E-state index contributed by atoms with van der Waals surface area (Å²) in [5.41, 5.74) is 4.24. The molecule has 1 aromatic heterocycles. The fraction of sp³-hybridized carbons (Fsp3) is 0.500. The molecule has 1 aliphatic rings. The van der Waals surface area contributed by atoms with Crippen LogP contribution in [0, 0.1) is 0 Å². The van der Waals surface area contributed by atoms with E-state index in [1.165, 1.54) is 0 Å². The molecule has 4 nitrogen and oxygen atoms in total. The Kier molecular flexibility index (Phi) is 7.11. The standard InChI is InChI=1S/C22H29ClN2O2/c1-4-19-17-14-24-18(13-23)22(26-15-16-9-6-5-7-10-16)21(17)20(27-19)11-8-12-25(2)3/h5-7,9-10,14,19-20H,4,8,11-13,15H2,1-3H3. The molecule has 0 spiro atoms. The number of nitrogens with zero attached hydrogens (tertiary/aromatic N) is 2. The predicted octanol–water partition coefficient (Wildman–Crippen LogP) is 5.26. The van der Waals surface area contributed by atoms with Crippen LogP contribution in [0.3, 0.4) is 0 Å². The number of halogens is 1. The molecule has 2 unspecified atom stereocenters. The lowest BCUT2D eigenvalue weighted by atomic mass is 9.98. The Hall–Kier alpha value is -1.62. The minimum Gasteiger partial charge on any atom is -0.487 e. The van der Waals surface area contributed by atoms with Gasteiger partial charge in [-0.25, -0.2) is 0 Å². The lowest BCUT2D eigenvalue weighted by Gasteiger charge is -2.18. The van der Waals surface area contributed by atoms with E-state index in [4.69, 9.17) is 21.1 Å². The number of alkyl halides is 1. The van der Waals surface area contributed by atoms with E-state index in [0.717, 1.165) is 53.9 Å². The minimum atomic E-state index is 0.0423. The number of pyridine rings is 1. The molecule has 0 bridgehead atoms. The second-order valence-corrected chi connectivity index (χ2v) is 7.55. The molecule has 0 N–H and O–H groups in total. The Balaban J connectivity index is 1.88. The van der Waals surface area contributed by atoms with Gasteiger partial charge in [-0.3, -0.25) is 4.98 Å². The fourth-order valence-corrected chi connectivity index (χ4v) is 3.79. The second kappa shape index (κ2) is 9.54. The first-order valence-electron chi connectivity index (χ1n) is 9.68. The third-order valence-corrected chi connectivity index (χ3v) is 5.22. The highest BCUT2D eigenvalue weighted by atomic mass is 35.5. The molecule has 0 saturated carbocycles. The van der Waals surface area contributed by atoms with Crippen molar-refractivity contribution in [1.82, 2.24) is 9.88 Å². The van der Waals surface area contributed by atoms with Crippen molar-refractivity contribution in [2.75, 3.05) is 20.6 Å². The molecule has 146 valence electrons. The highest BCUT2D eigenvalue weighted by Gasteiger charge is 2.35. The van der Waals surface area contributed by atoms with Crippen LogP contribution in [0.4, 0.5) is 0 Å². The summed E-state index contributed by atoms with van der Waals surface area (Å²) in [4.78, 5) is 6.78. The number of aromatic nitrogens is 1. The van der Waals surface area contributed by atoms with Crippen LogP contribution in [-0.4, -0.2) is 30.5 Å². The van der Waals surface area contributed by atoms with Crippen LogP contribution in [0.15, 0.2) is 36.5 Å². The van der Waals surface area contributed by atoms with Crippen LogP contribution in [0.5, 0.6) is 5.75 Å². The van der Waals surface area contributed by atoms with Crippen molar-refractivity contribution in [1.29, 1.82) is 0 Å². The van der Waals surface area contributed by atoms with Gasteiger partial charge in [0.25, 0.3) is 0 Å². The third-order valence-electron chi connectivity index (χ3n) is 4.97. The summed E-state index contributed by atoms with van der Waals surface area (Å²) in [6.45, 7) is 3.69. The van der Waals surface area contributed by atoms with Crippen LogP contribution in [0.1, 0.15) is 60.8 Å². The van der Waals surface area contributed by atoms with Gasteiger partial charge in [-0.2, -0.15) is 0 Å². The molecule has 0 saturated heterocycles. The van der Waals surface area contributed by atoms with Gasteiger partial charge < -0.3 is 14.4 Å². The van der Waals surface area contributed by atoms with E-state index in [-0.39, 0.29) is 12.2 Å². The molecule has 1 aromatic carbocycles. The van der Waals surface area contributed by atoms with E-state index in [0.29, 0.717) is 12.5 Å². The van der Waals surface area contributed by atoms with Gasteiger partial charge in [0.05, 0.1) is 23.8 Å². The smallest absolute Gasteiger partial charge is 0.148 e. The molecule has 2 heterocycles. The van der Waals surface area contributed by atoms with Crippen LogP contribution < -0.4 is 4.74 Å². The summed E-state index contributed by atoms with van der Waals surface area (Å²) in [6.07, 6.45) is 5.03. The van der Waals surface area contributed by atoms with Gasteiger partial charge in [-0.05, 0) is 45.5 Å². The summed E-state index contributed by atoms with van der Waals surface area (Å²) in [5.74, 6) is 1.15. The van der Waals surface area contributed by atoms with E-state index in [1.807, 2.05) is 24.4 Å². The molecule has 2 atom stereocenters. The van der Waals surface area contributed by atoms with E-state index < -0.39 is 0 Å². The van der Waals surface area contributed by atoms with Crippen molar-refractivity contribution in [2.45, 2.75) is 50.9 Å². The average Bonchev–Trinajstić information content (AvgIpc) is 3.04. The number of hydrogen-bond acceptors (Lipinski definition) is 4. The maximum atomic E-state index is 6.37. The van der Waals surface area contributed by atoms with E-state index in [9.17, 15) is 0 Å². The zero-order chi connectivity index (χ0) is 19.2. The van der Waals surface area contributed by atoms with Gasteiger partial charge in [0, 0.05) is 17.3 Å². The number of ether oxygens (including phenoxy) is 2. The Morgan fingerprint density at radius 3 is 2.63 bits per heavy atom. The quantitative estimate of drug-likeness (QED) is 0.548. The maximum Gasteiger partial charge on any atom is 0.148 e. The summed E-state index contributed by atoms with van der Waals surface area (Å²) >= 11 is 6.19. The van der Waals surface area contributed by atoms with Crippen molar-refractivity contribution in [3.63, 3.8) is 0 Å². The lowest BCUT2D eigenvalue weighted by Crippen LogP contribution is -2.14. The van der Waals surface area contributed by atoms with Crippen LogP contribution in [-0.2, 0) is 17.2 Å². The molecule has 0 aliphatic carbocycles. The van der Waals surface area contributed by atoms with Crippen molar-refractivity contribution in [2.24, 2.45) is 0 Å². The summed E-state index contributed by atoms with van der Waals surface area (Å²) in [7, 11) is 4.20. The summed E-state index contributed by atoms with van der Waals surface area (Å²) in [6, 6.07) is 10.2. The molecule has 2 aromatic rings. The van der Waals surface area contributed by atoms with Crippen molar-refractivity contribution in [3.05, 3.63) is 58.9 Å². The molecule has 0 fully saturated rings. The van der Waals surface area contributed by atoms with E-state index >= 15 is 0 Å². The van der Waals surface area contributed by atoms with Gasteiger partial charge in [0.15, 0.2) is 0 Å². The van der Waals surface area contributed by atoms with Crippen molar-refractivity contribution >= 4 is 11.6 Å². The fourth-order valence-electron chi connectivity index (χ4n) is 3.60. The normalized spacial score (nSPS) is 18.7. The van der Waals surface area contributed by atoms with Gasteiger partial charge in [0.2, 0.25) is 0 Å². The van der Waals surface area contributed by atoms with Gasteiger partial charge in [0.1, 0.15) is 12.4 Å². The van der Waals surface area contributed by atoms with Gasteiger partial charge in [-0.15, -0.1) is 11.6 Å². The third kappa shape index (κ3) is 4.81. The van der Waals surface area contributed by atoms with Crippen LogP contribution in [0.25, 0.3) is 0 Å². The van der Waals surface area contributed by atoms with Gasteiger partial charge >= 0.3 is 0 Å². The lowest BCUT2D eigenvalue weighted by molar-refractivity contribution is 0.00236. The molecule has 1 aliphatic heterocycles. The van der Waals surface area contributed by atoms with E-state index in [2.05, 4.69) is 43.0 Å². The zero-order valence-corrected chi connectivity index (χ0v) is 17.2. The Labute approximate surface area is 167 Å². The van der Waals surface area contributed by atoms with Crippen molar-refractivity contribution in [3.8, 4) is 5.75 Å². The second-order valence-electron chi connectivity index (χ2n) is 7.28. The molecular formula is C22H29ClN2O2. The zero-order valence-electron chi connectivity index (χ0n) is 16.5. The number of fused-ring (bicyclic) bond motifs is 1. The van der Waals surface area contributed by atoms with Crippen LogP contribution in [0.2, 0.25) is 0 Å². The highest BCUT2D eigenvalue weighted by Crippen LogP contribution is 2.48. The maximum absolute atomic E-state index is 6.37. The Morgan fingerprint density at radius 1 is 1.19 bits per heavy atom. The topological polar surface area (TPSA) is 34.6 Å². The number of rotatable bonds is 9. The largest absolute Gasteiger partial charge is 0.487 e. The first kappa shape index (κ1) is 20.1. The Morgan fingerprint density at radius 2 is 1.96 bits per heavy atom. The van der Waals surface area contributed by atoms with Crippen molar-refractivity contribution < 1.29 is 9.47 Å². The Bertz CT molecular complexity index is 737. The summed E-state index contributed by atoms with van der Waals surface area (Å²) in [5, 5.41) is 0. The molecule has 0 amide bonds. The van der Waals surface area contributed by atoms with E-state index in [1.54, 1.807) is 0 Å². The SMILES string of the molecule is CCC1OC(CCCN(C)C)c2c1cnc(CCl)c2OCc1ccccc1. The molecule has 0 radical (unpaired) electrons. The summed E-state index contributed by atoms with van der Waals surface area (Å²) < 4.78 is 12.6. The first-order valence-corrected chi connectivity index (χ1v) is 10.2.